The second-order valence-corrected chi connectivity index (χ2v) is 9.39. The summed E-state index contributed by atoms with van der Waals surface area (Å²) in [6, 6.07) is 13.3. The van der Waals surface area contributed by atoms with E-state index in [-0.39, 0.29) is 16.9 Å². The molecule has 150 valence electrons. The summed E-state index contributed by atoms with van der Waals surface area (Å²) in [6.07, 6.45) is 4.00. The van der Waals surface area contributed by atoms with Gasteiger partial charge in [0.05, 0.1) is 16.7 Å². The molecule has 2 aromatic carbocycles. The second kappa shape index (κ2) is 8.98. The molecule has 1 heterocycles. The summed E-state index contributed by atoms with van der Waals surface area (Å²) in [4.78, 5) is 13.5. The van der Waals surface area contributed by atoms with E-state index in [1.54, 1.807) is 60.3 Å². The highest BCUT2D eigenvalue weighted by molar-refractivity contribution is 7.98. The first-order valence-electron chi connectivity index (χ1n) is 9.04. The molecule has 1 amide bonds. The Morgan fingerprint density at radius 1 is 1.18 bits per heavy atom. The monoisotopic (exact) mass is 420 g/mol. The van der Waals surface area contributed by atoms with Crippen molar-refractivity contribution in [2.75, 3.05) is 30.8 Å². The zero-order valence-electron chi connectivity index (χ0n) is 15.9. The standard InChI is InChI=1S/C20H24N2O4S2/c1-22(28(24,25)19-11-9-18(27-2)10-12-19)16-7-5-15(6-8-16)20(23)21-14-17-4-3-13-26-17/h5-12,17H,3-4,13-14H2,1-2H3,(H,21,23)/t17-/m0/s1. The van der Waals surface area contributed by atoms with Crippen molar-refractivity contribution < 1.29 is 17.9 Å². The maximum atomic E-state index is 12.8. The Kier molecular flexibility index (Phi) is 6.64. The van der Waals surface area contributed by atoms with Gasteiger partial charge in [0.2, 0.25) is 0 Å². The molecule has 1 aliphatic heterocycles. The average Bonchev–Trinajstić information content (AvgIpc) is 3.25. The first kappa shape index (κ1) is 20.7. The van der Waals surface area contributed by atoms with E-state index < -0.39 is 10.0 Å². The van der Waals surface area contributed by atoms with E-state index in [0.29, 0.717) is 17.8 Å². The maximum Gasteiger partial charge on any atom is 0.264 e. The Morgan fingerprint density at radius 3 is 2.43 bits per heavy atom. The summed E-state index contributed by atoms with van der Waals surface area (Å²) in [6.45, 7) is 1.23. The van der Waals surface area contributed by atoms with Gasteiger partial charge in [-0.25, -0.2) is 8.42 Å². The average molecular weight is 421 g/mol. The smallest absolute Gasteiger partial charge is 0.264 e. The van der Waals surface area contributed by atoms with Crippen LogP contribution in [0.2, 0.25) is 0 Å². The van der Waals surface area contributed by atoms with Crippen molar-refractivity contribution in [2.24, 2.45) is 0 Å². The zero-order chi connectivity index (χ0) is 20.1. The molecular formula is C20H24N2O4S2. The van der Waals surface area contributed by atoms with Crippen molar-refractivity contribution >= 4 is 33.4 Å². The summed E-state index contributed by atoms with van der Waals surface area (Å²) in [7, 11) is -2.16. The van der Waals surface area contributed by atoms with Crippen molar-refractivity contribution in [3.05, 3.63) is 54.1 Å². The van der Waals surface area contributed by atoms with Crippen molar-refractivity contribution in [1.29, 1.82) is 0 Å². The fourth-order valence-corrected chi connectivity index (χ4v) is 4.58. The van der Waals surface area contributed by atoms with Gasteiger partial charge < -0.3 is 10.1 Å². The van der Waals surface area contributed by atoms with E-state index >= 15 is 0 Å². The van der Waals surface area contributed by atoms with Gasteiger partial charge in [-0.05, 0) is 67.6 Å². The molecule has 1 fully saturated rings. The van der Waals surface area contributed by atoms with E-state index in [1.807, 2.05) is 6.26 Å². The number of nitrogens with one attached hydrogen (secondary N) is 1. The van der Waals surface area contributed by atoms with Gasteiger partial charge in [0, 0.05) is 30.7 Å². The molecule has 0 spiro atoms. The van der Waals surface area contributed by atoms with Gasteiger partial charge in [0.1, 0.15) is 0 Å². The molecule has 0 aliphatic carbocycles. The number of sulfonamides is 1. The molecule has 0 saturated carbocycles. The van der Waals surface area contributed by atoms with Crippen LogP contribution < -0.4 is 9.62 Å². The quantitative estimate of drug-likeness (QED) is 0.697. The first-order valence-corrected chi connectivity index (χ1v) is 11.7. The predicted molar refractivity (Wildman–Crippen MR) is 112 cm³/mol. The number of hydrogen-bond acceptors (Lipinski definition) is 5. The van der Waals surface area contributed by atoms with Crippen LogP contribution in [-0.2, 0) is 14.8 Å². The Balaban J connectivity index is 1.68. The summed E-state index contributed by atoms with van der Waals surface area (Å²) < 4.78 is 32.4. The van der Waals surface area contributed by atoms with E-state index in [9.17, 15) is 13.2 Å². The number of thioether (sulfide) groups is 1. The minimum atomic E-state index is -3.66. The molecule has 0 radical (unpaired) electrons. The van der Waals surface area contributed by atoms with Gasteiger partial charge in [0.25, 0.3) is 15.9 Å². The van der Waals surface area contributed by atoms with Gasteiger partial charge in [-0.2, -0.15) is 0 Å². The predicted octanol–water partition coefficient (Wildman–Crippen LogP) is 3.14. The number of carbonyl (C=O) groups excluding carboxylic acids is 1. The van der Waals surface area contributed by atoms with Gasteiger partial charge >= 0.3 is 0 Å². The summed E-state index contributed by atoms with van der Waals surface area (Å²) in [5, 5.41) is 2.86. The van der Waals surface area contributed by atoms with Crippen molar-refractivity contribution in [3.8, 4) is 0 Å². The lowest BCUT2D eigenvalue weighted by molar-refractivity contribution is 0.0858. The van der Waals surface area contributed by atoms with E-state index in [1.165, 1.54) is 11.4 Å². The molecule has 1 saturated heterocycles. The highest BCUT2D eigenvalue weighted by atomic mass is 32.2. The Labute approximate surface area is 170 Å². The van der Waals surface area contributed by atoms with Crippen LogP contribution in [0.5, 0.6) is 0 Å². The molecule has 2 aromatic rings. The van der Waals surface area contributed by atoms with Gasteiger partial charge in [0.15, 0.2) is 0 Å². The van der Waals surface area contributed by atoms with Crippen LogP contribution in [-0.4, -0.2) is 46.9 Å². The number of hydrogen-bond donors (Lipinski definition) is 1. The van der Waals surface area contributed by atoms with Crippen LogP contribution in [0.1, 0.15) is 23.2 Å². The SMILES string of the molecule is CSc1ccc(S(=O)(=O)N(C)c2ccc(C(=O)NC[C@@H]3CCCO3)cc2)cc1. The molecule has 1 aliphatic rings. The highest BCUT2D eigenvalue weighted by Crippen LogP contribution is 2.24. The molecule has 0 aromatic heterocycles. The molecule has 6 nitrogen and oxygen atoms in total. The fraction of sp³-hybridized carbons (Fsp3) is 0.350. The number of rotatable bonds is 7. The van der Waals surface area contributed by atoms with E-state index in [2.05, 4.69) is 5.32 Å². The van der Waals surface area contributed by atoms with Crippen LogP contribution >= 0.6 is 11.8 Å². The molecule has 28 heavy (non-hydrogen) atoms. The summed E-state index contributed by atoms with van der Waals surface area (Å²) in [5.74, 6) is -0.194. The minimum Gasteiger partial charge on any atom is -0.376 e. The Morgan fingerprint density at radius 2 is 1.86 bits per heavy atom. The third-order valence-corrected chi connectivity index (χ3v) is 7.27. The number of amides is 1. The molecule has 1 atom stereocenters. The molecule has 3 rings (SSSR count). The van der Waals surface area contributed by atoms with Crippen LogP contribution in [0, 0.1) is 0 Å². The first-order chi connectivity index (χ1) is 13.4. The second-order valence-electron chi connectivity index (χ2n) is 6.54. The normalized spacial score (nSPS) is 16.7. The third-order valence-electron chi connectivity index (χ3n) is 4.73. The lowest BCUT2D eigenvalue weighted by Crippen LogP contribution is -2.31. The minimum absolute atomic E-state index is 0.0806. The lowest BCUT2D eigenvalue weighted by atomic mass is 10.2. The third kappa shape index (κ3) is 4.68. The van der Waals surface area contributed by atoms with Crippen molar-refractivity contribution in [3.63, 3.8) is 0 Å². The summed E-state index contributed by atoms with van der Waals surface area (Å²) in [5.41, 5.74) is 0.974. The maximum absolute atomic E-state index is 12.8. The molecule has 0 unspecified atom stereocenters. The van der Waals surface area contributed by atoms with Gasteiger partial charge in [-0.15, -0.1) is 11.8 Å². The largest absolute Gasteiger partial charge is 0.376 e. The molecule has 1 N–H and O–H groups in total. The summed E-state index contributed by atoms with van der Waals surface area (Å²) >= 11 is 1.55. The van der Waals surface area contributed by atoms with Crippen LogP contribution in [0.25, 0.3) is 0 Å². The Hall–Kier alpha value is -2.03. The van der Waals surface area contributed by atoms with Crippen LogP contribution in [0.4, 0.5) is 5.69 Å². The Bertz CT molecular complexity index is 906. The number of benzene rings is 2. The van der Waals surface area contributed by atoms with Gasteiger partial charge in [-0.1, -0.05) is 0 Å². The molecular weight excluding hydrogens is 396 g/mol. The number of anilines is 1. The topological polar surface area (TPSA) is 75.7 Å². The molecule has 8 heteroatoms. The fourth-order valence-electron chi connectivity index (χ4n) is 2.98. The number of carbonyl (C=O) groups is 1. The van der Waals surface area contributed by atoms with Crippen molar-refractivity contribution in [1.82, 2.24) is 5.32 Å². The van der Waals surface area contributed by atoms with E-state index in [0.717, 1.165) is 24.3 Å². The van der Waals surface area contributed by atoms with Gasteiger partial charge in [-0.3, -0.25) is 9.10 Å². The van der Waals surface area contributed by atoms with Crippen LogP contribution in [0.15, 0.2) is 58.3 Å². The van der Waals surface area contributed by atoms with E-state index in [4.69, 9.17) is 4.74 Å². The highest BCUT2D eigenvalue weighted by Gasteiger charge is 2.22. The zero-order valence-corrected chi connectivity index (χ0v) is 17.6. The molecule has 0 bridgehead atoms. The number of ether oxygens (including phenoxy) is 1. The number of nitrogens with zero attached hydrogens (tertiary/aromatic N) is 1. The van der Waals surface area contributed by atoms with Crippen LogP contribution in [0.3, 0.4) is 0 Å². The van der Waals surface area contributed by atoms with Crippen molar-refractivity contribution in [2.45, 2.75) is 28.7 Å². The lowest BCUT2D eigenvalue weighted by Gasteiger charge is -2.20.